The molecule has 0 bridgehead atoms. The molecule has 1 aromatic rings. The predicted octanol–water partition coefficient (Wildman–Crippen LogP) is 2.22. The number of carbonyl (C=O) groups excluding carboxylic acids is 1. The number of amides is 1. The molecule has 1 fully saturated rings. The van der Waals surface area contributed by atoms with Crippen LogP contribution in [0, 0.1) is 0 Å². The van der Waals surface area contributed by atoms with Crippen molar-refractivity contribution in [1.29, 1.82) is 0 Å². The summed E-state index contributed by atoms with van der Waals surface area (Å²) in [7, 11) is 3.86. The maximum atomic E-state index is 11.9. The lowest BCUT2D eigenvalue weighted by Crippen LogP contribution is -2.46. The Morgan fingerprint density at radius 3 is 2.56 bits per heavy atom. The standard InChI is InChI=1S/C13H18N2O/c1-14(2)15-12(9-6-10-13(15)16)11-7-4-3-5-8-11/h3-5,7-8,12H,6,9-10H2,1-2H3. The van der Waals surface area contributed by atoms with E-state index >= 15 is 0 Å². The lowest BCUT2D eigenvalue weighted by Gasteiger charge is -2.39. The fourth-order valence-electron chi connectivity index (χ4n) is 2.34. The third kappa shape index (κ3) is 2.09. The zero-order valence-corrected chi connectivity index (χ0v) is 9.89. The van der Waals surface area contributed by atoms with Crippen LogP contribution in [0.1, 0.15) is 30.9 Å². The van der Waals surface area contributed by atoms with Gasteiger partial charge in [0.1, 0.15) is 0 Å². The van der Waals surface area contributed by atoms with Gasteiger partial charge in [-0.05, 0) is 18.4 Å². The van der Waals surface area contributed by atoms with Gasteiger partial charge in [-0.25, -0.2) is 5.01 Å². The normalized spacial score (nSPS) is 21.6. The van der Waals surface area contributed by atoms with Crippen molar-refractivity contribution in [3.63, 3.8) is 0 Å². The van der Waals surface area contributed by atoms with Crippen molar-refractivity contribution in [2.24, 2.45) is 0 Å². The summed E-state index contributed by atoms with van der Waals surface area (Å²) < 4.78 is 0. The second kappa shape index (κ2) is 4.66. The molecular formula is C13H18N2O. The number of hydrogen-bond acceptors (Lipinski definition) is 2. The highest BCUT2D eigenvalue weighted by atomic mass is 16.2. The molecule has 1 aromatic carbocycles. The Kier molecular flexibility index (Phi) is 3.25. The van der Waals surface area contributed by atoms with E-state index < -0.39 is 0 Å². The monoisotopic (exact) mass is 218 g/mol. The van der Waals surface area contributed by atoms with E-state index in [2.05, 4.69) is 12.1 Å². The van der Waals surface area contributed by atoms with E-state index in [1.54, 1.807) is 0 Å². The number of nitrogens with zero attached hydrogens (tertiary/aromatic N) is 2. The first-order valence-electron chi connectivity index (χ1n) is 5.74. The second-order valence-electron chi connectivity index (χ2n) is 4.40. The molecule has 1 atom stereocenters. The van der Waals surface area contributed by atoms with Crippen molar-refractivity contribution in [3.8, 4) is 0 Å². The summed E-state index contributed by atoms with van der Waals surface area (Å²) >= 11 is 0. The predicted molar refractivity (Wildman–Crippen MR) is 63.6 cm³/mol. The van der Waals surface area contributed by atoms with E-state index in [9.17, 15) is 4.79 Å². The molecule has 3 nitrogen and oxygen atoms in total. The topological polar surface area (TPSA) is 23.6 Å². The second-order valence-corrected chi connectivity index (χ2v) is 4.40. The van der Waals surface area contributed by atoms with Crippen molar-refractivity contribution < 1.29 is 4.79 Å². The van der Waals surface area contributed by atoms with Crippen molar-refractivity contribution in [1.82, 2.24) is 10.0 Å². The molecule has 1 aliphatic rings. The van der Waals surface area contributed by atoms with Gasteiger partial charge in [0.2, 0.25) is 5.91 Å². The summed E-state index contributed by atoms with van der Waals surface area (Å²) in [5.74, 6) is 0.227. The molecule has 0 aliphatic carbocycles. The summed E-state index contributed by atoms with van der Waals surface area (Å²) in [6.07, 6.45) is 2.71. The summed E-state index contributed by atoms with van der Waals surface area (Å²) in [6.45, 7) is 0. The highest BCUT2D eigenvalue weighted by Crippen LogP contribution is 2.31. The molecule has 0 saturated carbocycles. The Balaban J connectivity index is 2.27. The van der Waals surface area contributed by atoms with Gasteiger partial charge < -0.3 is 0 Å². The third-order valence-corrected chi connectivity index (χ3v) is 3.03. The molecule has 2 rings (SSSR count). The Bertz CT molecular complexity index is 361. The van der Waals surface area contributed by atoms with Gasteiger partial charge in [0.15, 0.2) is 0 Å². The Morgan fingerprint density at radius 2 is 1.94 bits per heavy atom. The first kappa shape index (κ1) is 11.1. The molecule has 1 amide bonds. The number of hydrogen-bond donors (Lipinski definition) is 0. The van der Waals surface area contributed by atoms with Crippen LogP contribution in [0.5, 0.6) is 0 Å². The molecule has 1 aliphatic heterocycles. The van der Waals surface area contributed by atoms with E-state index in [0.717, 1.165) is 12.8 Å². The lowest BCUT2D eigenvalue weighted by atomic mass is 9.96. The minimum atomic E-state index is 0.206. The Hall–Kier alpha value is -1.35. The fourth-order valence-corrected chi connectivity index (χ4v) is 2.34. The Labute approximate surface area is 96.6 Å². The zero-order valence-electron chi connectivity index (χ0n) is 9.89. The minimum Gasteiger partial charge on any atom is -0.273 e. The number of piperidine rings is 1. The van der Waals surface area contributed by atoms with Crippen molar-refractivity contribution in [2.75, 3.05) is 14.1 Å². The van der Waals surface area contributed by atoms with E-state index in [1.807, 2.05) is 42.3 Å². The van der Waals surface area contributed by atoms with E-state index in [-0.39, 0.29) is 11.9 Å². The zero-order chi connectivity index (χ0) is 11.5. The van der Waals surface area contributed by atoms with Crippen LogP contribution in [-0.2, 0) is 4.79 Å². The molecule has 1 saturated heterocycles. The number of rotatable bonds is 2. The highest BCUT2D eigenvalue weighted by Gasteiger charge is 2.30. The van der Waals surface area contributed by atoms with Crippen LogP contribution < -0.4 is 0 Å². The van der Waals surface area contributed by atoms with E-state index in [1.165, 1.54) is 5.56 Å². The van der Waals surface area contributed by atoms with Gasteiger partial charge in [-0.2, -0.15) is 0 Å². The van der Waals surface area contributed by atoms with Crippen molar-refractivity contribution in [3.05, 3.63) is 35.9 Å². The molecule has 3 heteroatoms. The van der Waals surface area contributed by atoms with Gasteiger partial charge in [0, 0.05) is 20.5 Å². The van der Waals surface area contributed by atoms with E-state index in [4.69, 9.17) is 0 Å². The summed E-state index contributed by atoms with van der Waals surface area (Å²) in [6, 6.07) is 10.5. The van der Waals surface area contributed by atoms with Crippen LogP contribution in [0.2, 0.25) is 0 Å². The SMILES string of the molecule is CN(C)N1C(=O)CCCC1c1ccccc1. The van der Waals surface area contributed by atoms with Crippen LogP contribution >= 0.6 is 0 Å². The fraction of sp³-hybridized carbons (Fsp3) is 0.462. The smallest absolute Gasteiger partial charge is 0.237 e. The van der Waals surface area contributed by atoms with Crippen molar-refractivity contribution in [2.45, 2.75) is 25.3 Å². The first-order chi connectivity index (χ1) is 7.70. The highest BCUT2D eigenvalue weighted by molar-refractivity contribution is 5.77. The van der Waals surface area contributed by atoms with Gasteiger partial charge in [-0.15, -0.1) is 0 Å². The molecule has 0 spiro atoms. The summed E-state index contributed by atoms with van der Waals surface area (Å²) in [5.41, 5.74) is 1.23. The number of carbonyl (C=O) groups is 1. The molecular weight excluding hydrogens is 200 g/mol. The molecule has 0 aromatic heterocycles. The Morgan fingerprint density at radius 1 is 1.25 bits per heavy atom. The maximum Gasteiger partial charge on any atom is 0.237 e. The molecule has 1 unspecified atom stereocenters. The average Bonchev–Trinajstić information content (AvgIpc) is 2.29. The van der Waals surface area contributed by atoms with Gasteiger partial charge in [0.05, 0.1) is 6.04 Å². The van der Waals surface area contributed by atoms with E-state index in [0.29, 0.717) is 6.42 Å². The van der Waals surface area contributed by atoms with Gasteiger partial charge >= 0.3 is 0 Å². The van der Waals surface area contributed by atoms with Crippen LogP contribution in [0.4, 0.5) is 0 Å². The van der Waals surface area contributed by atoms with Crippen molar-refractivity contribution >= 4 is 5.91 Å². The maximum absolute atomic E-state index is 11.9. The quantitative estimate of drug-likeness (QED) is 0.760. The summed E-state index contributed by atoms with van der Waals surface area (Å²) in [4.78, 5) is 11.9. The van der Waals surface area contributed by atoms with Crippen LogP contribution in [-0.4, -0.2) is 30.0 Å². The van der Waals surface area contributed by atoms with Crippen LogP contribution in [0.3, 0.4) is 0 Å². The van der Waals surface area contributed by atoms with Gasteiger partial charge in [-0.3, -0.25) is 9.80 Å². The van der Waals surface area contributed by atoms with Gasteiger partial charge in [0.25, 0.3) is 0 Å². The number of hydrazine groups is 1. The lowest BCUT2D eigenvalue weighted by molar-refractivity contribution is -0.155. The largest absolute Gasteiger partial charge is 0.273 e. The minimum absolute atomic E-state index is 0.206. The molecule has 16 heavy (non-hydrogen) atoms. The number of benzene rings is 1. The molecule has 86 valence electrons. The summed E-state index contributed by atoms with van der Waals surface area (Å²) in [5, 5.41) is 3.78. The molecule has 1 heterocycles. The average molecular weight is 218 g/mol. The molecule has 0 radical (unpaired) electrons. The third-order valence-electron chi connectivity index (χ3n) is 3.03. The van der Waals surface area contributed by atoms with Crippen LogP contribution in [0.15, 0.2) is 30.3 Å². The molecule has 0 N–H and O–H groups in total. The van der Waals surface area contributed by atoms with Gasteiger partial charge in [-0.1, -0.05) is 30.3 Å². The van der Waals surface area contributed by atoms with Crippen LogP contribution in [0.25, 0.3) is 0 Å². The first-order valence-corrected chi connectivity index (χ1v) is 5.74.